The molecule has 1 heteroatoms. The van der Waals surface area contributed by atoms with E-state index in [1.165, 1.54) is 11.1 Å². The lowest BCUT2D eigenvalue weighted by Gasteiger charge is -1.97. The standard InChI is InChI=1S/C9H11Si/c1-2-8-3-5-9(7-10)6-4-8/h3-6H,2,7H2,1H3. The minimum absolute atomic E-state index is 0.948. The minimum Gasteiger partial charge on any atom is -0.0613 e. The summed E-state index contributed by atoms with van der Waals surface area (Å²) < 4.78 is 0. The highest BCUT2D eigenvalue weighted by Crippen LogP contribution is 2.03. The molecule has 0 saturated heterocycles. The second kappa shape index (κ2) is 3.57. The third kappa shape index (κ3) is 1.71. The van der Waals surface area contributed by atoms with Crippen molar-refractivity contribution in [2.75, 3.05) is 0 Å². The van der Waals surface area contributed by atoms with Crippen LogP contribution in [0.3, 0.4) is 0 Å². The summed E-state index contributed by atoms with van der Waals surface area (Å²) in [6, 6.07) is 9.62. The van der Waals surface area contributed by atoms with Gasteiger partial charge in [-0.25, -0.2) is 0 Å². The molecule has 0 heterocycles. The van der Waals surface area contributed by atoms with Gasteiger partial charge in [0.15, 0.2) is 0 Å². The molecule has 1 rings (SSSR count). The van der Waals surface area contributed by atoms with E-state index in [2.05, 4.69) is 41.4 Å². The van der Waals surface area contributed by atoms with Crippen molar-refractivity contribution in [3.05, 3.63) is 35.4 Å². The first-order valence-electron chi connectivity index (χ1n) is 3.59. The number of hydrogen-bond acceptors (Lipinski definition) is 0. The van der Waals surface area contributed by atoms with Crippen molar-refractivity contribution in [2.24, 2.45) is 0 Å². The predicted octanol–water partition coefficient (Wildman–Crippen LogP) is 1.92. The van der Waals surface area contributed by atoms with Crippen LogP contribution in [0.15, 0.2) is 24.3 Å². The Hall–Kier alpha value is -0.563. The maximum Gasteiger partial charge on any atom is 0.0283 e. The molecule has 3 radical (unpaired) electrons. The van der Waals surface area contributed by atoms with E-state index >= 15 is 0 Å². The maximum absolute atomic E-state index is 3.45. The number of rotatable bonds is 2. The summed E-state index contributed by atoms with van der Waals surface area (Å²) in [6.07, 6.45) is 1.13. The maximum atomic E-state index is 3.45. The van der Waals surface area contributed by atoms with E-state index in [0.717, 1.165) is 12.5 Å². The van der Waals surface area contributed by atoms with Crippen LogP contribution in [0.25, 0.3) is 0 Å². The molecule has 1 aromatic rings. The van der Waals surface area contributed by atoms with Crippen LogP contribution < -0.4 is 0 Å². The van der Waals surface area contributed by atoms with Crippen LogP contribution in [-0.2, 0) is 12.5 Å². The largest absolute Gasteiger partial charge is 0.0613 e. The van der Waals surface area contributed by atoms with Crippen LogP contribution in [0.5, 0.6) is 0 Å². The van der Waals surface area contributed by atoms with E-state index in [4.69, 9.17) is 0 Å². The zero-order valence-electron chi connectivity index (χ0n) is 6.22. The van der Waals surface area contributed by atoms with E-state index in [9.17, 15) is 0 Å². The Morgan fingerprint density at radius 3 is 2.00 bits per heavy atom. The summed E-state index contributed by atoms with van der Waals surface area (Å²) >= 11 is 0. The molecule has 0 aromatic heterocycles. The average molecular weight is 147 g/mol. The first kappa shape index (κ1) is 7.54. The van der Waals surface area contributed by atoms with Gasteiger partial charge in [0.25, 0.3) is 0 Å². The molecule has 0 unspecified atom stereocenters. The third-order valence-corrected chi connectivity index (χ3v) is 2.04. The van der Waals surface area contributed by atoms with Crippen molar-refractivity contribution < 1.29 is 0 Å². The normalized spacial score (nSPS) is 9.80. The lowest BCUT2D eigenvalue weighted by atomic mass is 10.1. The topological polar surface area (TPSA) is 0 Å². The highest BCUT2D eigenvalue weighted by molar-refractivity contribution is 6.08. The first-order chi connectivity index (χ1) is 4.86. The van der Waals surface area contributed by atoms with Gasteiger partial charge in [-0.15, -0.1) is 0 Å². The zero-order valence-corrected chi connectivity index (χ0v) is 7.22. The molecule has 0 spiro atoms. The Kier molecular flexibility index (Phi) is 2.69. The van der Waals surface area contributed by atoms with Gasteiger partial charge in [-0.2, -0.15) is 0 Å². The molecule has 0 bridgehead atoms. The van der Waals surface area contributed by atoms with Gasteiger partial charge in [-0.3, -0.25) is 0 Å². The van der Waals surface area contributed by atoms with Crippen LogP contribution >= 0.6 is 0 Å². The molecule has 51 valence electrons. The van der Waals surface area contributed by atoms with Gasteiger partial charge in [0, 0.05) is 10.2 Å². The van der Waals surface area contributed by atoms with E-state index in [1.807, 2.05) is 0 Å². The van der Waals surface area contributed by atoms with Gasteiger partial charge in [0.2, 0.25) is 0 Å². The lowest BCUT2D eigenvalue weighted by Crippen LogP contribution is -1.84. The Morgan fingerprint density at radius 1 is 1.10 bits per heavy atom. The number of hydrogen-bond donors (Lipinski definition) is 0. The van der Waals surface area contributed by atoms with Crippen molar-refractivity contribution in [3.63, 3.8) is 0 Å². The quantitative estimate of drug-likeness (QED) is 0.561. The smallest absolute Gasteiger partial charge is 0.0283 e. The van der Waals surface area contributed by atoms with E-state index in [1.54, 1.807) is 0 Å². The van der Waals surface area contributed by atoms with Gasteiger partial charge in [-0.05, 0) is 18.0 Å². The SMILES string of the molecule is CCc1ccc(C[Si])cc1. The fraction of sp³-hybridized carbons (Fsp3) is 0.333. The van der Waals surface area contributed by atoms with Crippen LogP contribution in [-0.4, -0.2) is 10.2 Å². The summed E-state index contributed by atoms with van der Waals surface area (Å²) in [5.74, 6) is 0. The molecule has 0 N–H and O–H groups in total. The molecule has 0 amide bonds. The molecule has 10 heavy (non-hydrogen) atoms. The fourth-order valence-corrected chi connectivity index (χ4v) is 1.13. The Balaban J connectivity index is 2.80. The van der Waals surface area contributed by atoms with Crippen LogP contribution in [0.1, 0.15) is 18.1 Å². The highest BCUT2D eigenvalue weighted by atomic mass is 28.1. The Bertz CT molecular complexity index is 165. The summed E-state index contributed by atoms with van der Waals surface area (Å²) in [5, 5.41) is 0. The second-order valence-corrected chi connectivity index (χ2v) is 2.70. The number of aryl methyl sites for hydroxylation is 1. The summed E-state index contributed by atoms with van der Waals surface area (Å²) in [7, 11) is 3.45. The van der Waals surface area contributed by atoms with Gasteiger partial charge in [0.05, 0.1) is 0 Å². The lowest BCUT2D eigenvalue weighted by molar-refractivity contribution is 1.13. The Labute approximate surface area is 65.7 Å². The molecular weight excluding hydrogens is 136 g/mol. The van der Waals surface area contributed by atoms with Crippen molar-refractivity contribution in [1.82, 2.24) is 0 Å². The third-order valence-electron chi connectivity index (χ3n) is 1.64. The van der Waals surface area contributed by atoms with Crippen molar-refractivity contribution in [2.45, 2.75) is 19.4 Å². The molecule has 0 nitrogen and oxygen atoms in total. The minimum atomic E-state index is 0.948. The van der Waals surface area contributed by atoms with E-state index in [0.29, 0.717) is 0 Å². The Morgan fingerprint density at radius 2 is 1.60 bits per heavy atom. The number of benzene rings is 1. The van der Waals surface area contributed by atoms with Crippen LogP contribution in [0.4, 0.5) is 0 Å². The van der Waals surface area contributed by atoms with Crippen molar-refractivity contribution in [3.8, 4) is 0 Å². The summed E-state index contributed by atoms with van der Waals surface area (Å²) in [6.45, 7) is 2.17. The fourth-order valence-electron chi connectivity index (χ4n) is 0.893. The van der Waals surface area contributed by atoms with Crippen molar-refractivity contribution >= 4 is 10.2 Å². The van der Waals surface area contributed by atoms with Gasteiger partial charge >= 0.3 is 0 Å². The van der Waals surface area contributed by atoms with E-state index in [-0.39, 0.29) is 0 Å². The molecule has 0 aliphatic heterocycles. The van der Waals surface area contributed by atoms with Crippen LogP contribution in [0.2, 0.25) is 0 Å². The van der Waals surface area contributed by atoms with Gasteiger partial charge in [0.1, 0.15) is 0 Å². The molecule has 0 saturated carbocycles. The van der Waals surface area contributed by atoms with Crippen LogP contribution in [0, 0.1) is 0 Å². The molecule has 1 aromatic carbocycles. The zero-order chi connectivity index (χ0) is 7.40. The summed E-state index contributed by atoms with van der Waals surface area (Å²) in [5.41, 5.74) is 2.75. The molecule has 0 fully saturated rings. The first-order valence-corrected chi connectivity index (χ1v) is 4.30. The molecule has 0 atom stereocenters. The highest BCUT2D eigenvalue weighted by Gasteiger charge is 1.88. The average Bonchev–Trinajstić information content (AvgIpc) is 2.05. The van der Waals surface area contributed by atoms with Crippen molar-refractivity contribution in [1.29, 1.82) is 0 Å². The van der Waals surface area contributed by atoms with Gasteiger partial charge < -0.3 is 0 Å². The molecule has 0 aliphatic rings. The predicted molar refractivity (Wildman–Crippen MR) is 45.3 cm³/mol. The molecule has 0 aliphatic carbocycles. The monoisotopic (exact) mass is 147 g/mol. The second-order valence-electron chi connectivity index (χ2n) is 2.35. The summed E-state index contributed by atoms with van der Waals surface area (Å²) in [4.78, 5) is 0. The van der Waals surface area contributed by atoms with Gasteiger partial charge in [-0.1, -0.05) is 36.8 Å². The molecular formula is C9H11Si. The van der Waals surface area contributed by atoms with E-state index < -0.39 is 0 Å².